The lowest BCUT2D eigenvalue weighted by atomic mass is 9.95. The van der Waals surface area contributed by atoms with E-state index in [0.717, 1.165) is 0 Å². The molecular weight excluding hydrogens is 1000 g/mol. The highest BCUT2D eigenvalue weighted by molar-refractivity contribution is 5.98. The van der Waals surface area contributed by atoms with Gasteiger partial charge in [0.05, 0.1) is 25.9 Å². The van der Waals surface area contributed by atoms with Gasteiger partial charge < -0.3 is 85.5 Å². The number of amides is 9. The minimum absolute atomic E-state index is 0.00115. The zero-order chi connectivity index (χ0) is 58.4. The molecule has 0 heterocycles. The summed E-state index contributed by atoms with van der Waals surface area (Å²) in [7, 11) is 0. The Morgan fingerprint density at radius 1 is 0.442 bits per heavy atom. The van der Waals surface area contributed by atoms with Crippen molar-refractivity contribution in [3.63, 3.8) is 0 Å². The summed E-state index contributed by atoms with van der Waals surface area (Å²) in [6.07, 6.45) is 2.78. The lowest BCUT2D eigenvalue weighted by molar-refractivity contribution is -0.142. The number of nitrogens with one attached hydrogen (secondary N) is 9. The van der Waals surface area contributed by atoms with Gasteiger partial charge in [-0.3, -0.25) is 43.2 Å². The monoisotopic (exact) mass is 1090 g/mol. The lowest BCUT2D eigenvalue weighted by Gasteiger charge is -2.29. The van der Waals surface area contributed by atoms with Gasteiger partial charge in [0.2, 0.25) is 53.2 Å². The van der Waals surface area contributed by atoms with Crippen molar-refractivity contribution >= 4 is 59.1 Å². The van der Waals surface area contributed by atoms with E-state index in [2.05, 4.69) is 47.9 Å². The Morgan fingerprint density at radius 3 is 1.21 bits per heavy atom. The third-order valence-electron chi connectivity index (χ3n) is 13.4. The van der Waals surface area contributed by atoms with Crippen molar-refractivity contribution in [2.45, 2.75) is 173 Å². The first-order valence-electron chi connectivity index (χ1n) is 26.5. The first-order valence-corrected chi connectivity index (χ1v) is 26.5. The van der Waals surface area contributed by atoms with Gasteiger partial charge in [-0.1, -0.05) is 91.1 Å². The number of unbranched alkanes of at least 4 members (excludes halogenated alkanes) is 2. The summed E-state index contributed by atoms with van der Waals surface area (Å²) in [6, 6.07) is -5.34. The molecule has 77 heavy (non-hydrogen) atoms. The fraction of sp³-hybridized carbons (Fsp3) is 0.686. The molecule has 0 aromatic heterocycles. The number of aliphatic hydroxyl groups excluding tert-OH is 3. The third-order valence-corrected chi connectivity index (χ3v) is 13.4. The van der Waals surface area contributed by atoms with Gasteiger partial charge in [-0.05, 0) is 81.9 Å². The van der Waals surface area contributed by atoms with Crippen LogP contribution in [0.25, 0.3) is 0 Å². The number of carboxylic acid groups (broad SMARTS) is 1. The van der Waals surface area contributed by atoms with Crippen LogP contribution < -0.4 is 65.1 Å². The van der Waals surface area contributed by atoms with Crippen LogP contribution in [0.4, 0.5) is 0 Å². The van der Waals surface area contributed by atoms with Gasteiger partial charge in [-0.2, -0.15) is 0 Å². The Morgan fingerprint density at radius 2 is 0.792 bits per heavy atom. The number of rotatable bonds is 38. The van der Waals surface area contributed by atoms with E-state index >= 15 is 0 Å². The number of carboxylic acids is 1. The smallest absolute Gasteiger partial charge is 0.326 e. The number of carbonyl (C=O) groups is 10. The van der Waals surface area contributed by atoms with Gasteiger partial charge in [-0.15, -0.1) is 0 Å². The van der Waals surface area contributed by atoms with Crippen LogP contribution in [0.1, 0.15) is 112 Å². The van der Waals surface area contributed by atoms with Crippen molar-refractivity contribution in [1.29, 1.82) is 0 Å². The molecule has 0 aliphatic carbocycles. The Kier molecular flexibility index (Phi) is 32.7. The van der Waals surface area contributed by atoms with Gasteiger partial charge in [0.25, 0.3) is 0 Å². The van der Waals surface area contributed by atoms with Crippen molar-refractivity contribution in [2.24, 2.45) is 35.0 Å². The largest absolute Gasteiger partial charge is 0.480 e. The maximum absolute atomic E-state index is 14.1. The maximum Gasteiger partial charge on any atom is 0.326 e. The highest BCUT2D eigenvalue weighted by atomic mass is 16.4. The van der Waals surface area contributed by atoms with Crippen molar-refractivity contribution < 1.29 is 68.4 Å². The number of carbonyl (C=O) groups excluding carboxylic acids is 9. The van der Waals surface area contributed by atoms with Crippen LogP contribution in [0.2, 0.25) is 0 Å². The second-order valence-corrected chi connectivity index (χ2v) is 19.4. The molecule has 26 nitrogen and oxygen atoms in total. The predicted molar refractivity (Wildman–Crippen MR) is 284 cm³/mol. The molecule has 1 rings (SSSR count). The summed E-state index contributed by atoms with van der Waals surface area (Å²) < 4.78 is 0. The standard InChI is InChI=1S/C51H88N12O14/c1-8-28(4)39(54)48(73)63-41(30(6)10-3)50(75)61-36(25-64)45(70)55-31(7)42(67)59-38(27-66)47(72)62-40(29(5)9-2)49(74)57-34(21-15-17-23-53)43(68)56-33(20-14-16-22-52)44(69)60-37(26-65)46(71)58-35(51(76)77)24-32-18-12-11-13-19-32/h11-13,18-19,28-31,33-41,64-66H,8-10,14-17,20-27,52-54H2,1-7H3,(H,55,70)(H,56,68)(H,57,74)(H,58,71)(H,59,67)(H,60,69)(H,61,75)(H,62,72)(H,63,73)(H,76,77)/t28-,29-,30-,31-,33-,34-,35-,36-,37-,38-,39-,40-,41-/m0/s1. The summed E-state index contributed by atoms with van der Waals surface area (Å²) >= 11 is 0. The number of hydrogen-bond donors (Lipinski definition) is 16. The molecule has 1 aromatic carbocycles. The summed E-state index contributed by atoms with van der Waals surface area (Å²) in [5, 5.41) is 62.5. The van der Waals surface area contributed by atoms with Crippen molar-refractivity contribution in [2.75, 3.05) is 32.9 Å². The Balaban J connectivity index is 3.24. The number of benzene rings is 1. The van der Waals surface area contributed by atoms with E-state index in [1.54, 1.807) is 65.0 Å². The van der Waals surface area contributed by atoms with E-state index in [9.17, 15) is 68.4 Å². The fourth-order valence-corrected chi connectivity index (χ4v) is 7.59. The summed E-state index contributed by atoms with van der Waals surface area (Å²) in [5.74, 6) is -10.5. The van der Waals surface area contributed by atoms with Crippen LogP contribution in [-0.4, -0.2) is 173 Å². The quantitative estimate of drug-likeness (QED) is 0.0285. The van der Waals surface area contributed by atoms with E-state index in [-0.39, 0.29) is 38.3 Å². The van der Waals surface area contributed by atoms with Gasteiger partial charge >= 0.3 is 5.97 Å². The molecule has 0 saturated heterocycles. The fourth-order valence-electron chi connectivity index (χ4n) is 7.59. The number of hydrogen-bond acceptors (Lipinski definition) is 16. The molecule has 436 valence electrons. The molecule has 0 aliphatic heterocycles. The third kappa shape index (κ3) is 23.9. The van der Waals surface area contributed by atoms with E-state index < -0.39 is 151 Å². The summed E-state index contributed by atoms with van der Waals surface area (Å²) in [5.41, 5.74) is 18.1. The molecule has 13 atom stereocenters. The average molecular weight is 1090 g/mol. The maximum atomic E-state index is 14.1. The normalized spacial score (nSPS) is 16.3. The van der Waals surface area contributed by atoms with E-state index in [4.69, 9.17) is 17.2 Å². The molecule has 0 saturated carbocycles. The molecular formula is C51H88N12O14. The molecule has 9 amide bonds. The second-order valence-electron chi connectivity index (χ2n) is 19.4. The van der Waals surface area contributed by atoms with Crippen molar-refractivity contribution in [3.05, 3.63) is 35.9 Å². The molecule has 26 heteroatoms. The highest BCUT2D eigenvalue weighted by Gasteiger charge is 2.36. The first-order chi connectivity index (χ1) is 36.5. The second kappa shape index (κ2) is 36.7. The van der Waals surface area contributed by atoms with E-state index in [1.165, 1.54) is 6.92 Å². The lowest BCUT2D eigenvalue weighted by Crippen LogP contribution is -2.62. The van der Waals surface area contributed by atoms with Crippen LogP contribution in [0.3, 0.4) is 0 Å². The van der Waals surface area contributed by atoms with Gasteiger partial charge in [-0.25, -0.2) is 4.79 Å². The number of aliphatic hydroxyl groups is 3. The molecule has 1 aromatic rings. The van der Waals surface area contributed by atoms with Gasteiger partial charge in [0, 0.05) is 6.42 Å². The van der Waals surface area contributed by atoms with Crippen molar-refractivity contribution in [1.82, 2.24) is 47.9 Å². The molecule has 0 bridgehead atoms. The van der Waals surface area contributed by atoms with Crippen LogP contribution in [0, 0.1) is 17.8 Å². The van der Waals surface area contributed by atoms with Crippen LogP contribution >= 0.6 is 0 Å². The molecule has 0 unspecified atom stereocenters. The Bertz CT molecular complexity index is 2050. The summed E-state index contributed by atoms with van der Waals surface area (Å²) in [6.45, 7) is 9.39. The highest BCUT2D eigenvalue weighted by Crippen LogP contribution is 2.14. The Hall–Kier alpha value is -6.32. The van der Waals surface area contributed by atoms with Crippen LogP contribution in [0.15, 0.2) is 30.3 Å². The molecule has 0 spiro atoms. The molecule has 0 aliphatic rings. The zero-order valence-electron chi connectivity index (χ0n) is 45.6. The van der Waals surface area contributed by atoms with Gasteiger partial charge in [0.15, 0.2) is 0 Å². The minimum Gasteiger partial charge on any atom is -0.480 e. The van der Waals surface area contributed by atoms with Crippen LogP contribution in [0.5, 0.6) is 0 Å². The molecule has 0 radical (unpaired) electrons. The van der Waals surface area contributed by atoms with Crippen LogP contribution in [-0.2, 0) is 54.4 Å². The molecule has 19 N–H and O–H groups in total. The summed E-state index contributed by atoms with van der Waals surface area (Å²) in [4.78, 5) is 134. The predicted octanol–water partition coefficient (Wildman–Crippen LogP) is -3.60. The average Bonchev–Trinajstić information content (AvgIpc) is 3.41. The SMILES string of the molecule is CC[C@H](C)[C@H](N)C(=O)N[C@H](C(=O)N[C@@H](CO)C(=O)N[C@@H](C)C(=O)N[C@@H](CO)C(=O)N[C@H](C(=O)N[C@@H](CCCCN)C(=O)N[C@@H](CCCCN)C(=O)N[C@@H](CO)C(=O)N[C@@H](Cc1ccccc1)C(=O)O)[C@@H](C)CC)[C@@H](C)CC. The van der Waals surface area contributed by atoms with E-state index in [0.29, 0.717) is 50.5 Å². The molecule has 0 fully saturated rings. The van der Waals surface area contributed by atoms with Crippen molar-refractivity contribution in [3.8, 4) is 0 Å². The topological polar surface area (TPSA) is 438 Å². The number of aliphatic carboxylic acids is 1. The first kappa shape index (κ1) is 68.7. The zero-order valence-corrected chi connectivity index (χ0v) is 45.6. The minimum atomic E-state index is -1.68. The Labute approximate surface area is 451 Å². The number of nitrogens with two attached hydrogens (primary N) is 3. The van der Waals surface area contributed by atoms with E-state index in [1.807, 2.05) is 6.92 Å². The van der Waals surface area contributed by atoms with Gasteiger partial charge in [0.1, 0.15) is 54.4 Å².